The smallest absolute Gasteiger partial charge is 0.432 e. The lowest BCUT2D eigenvalue weighted by Gasteiger charge is -2.32. The fraction of sp³-hybridized carbons (Fsp3) is 0.370. The van der Waals surface area contributed by atoms with Gasteiger partial charge >= 0.3 is 12.1 Å². The summed E-state index contributed by atoms with van der Waals surface area (Å²) in [7, 11) is 3.69. The van der Waals surface area contributed by atoms with Crippen molar-refractivity contribution in [3.8, 4) is 29.0 Å². The first kappa shape index (κ1) is 27.9. The zero-order valence-corrected chi connectivity index (χ0v) is 21.6. The molecule has 1 aliphatic heterocycles. The van der Waals surface area contributed by atoms with Gasteiger partial charge in [0.05, 0.1) is 18.5 Å². The lowest BCUT2D eigenvalue weighted by molar-refractivity contribution is -0.140. The van der Waals surface area contributed by atoms with Crippen LogP contribution in [0.3, 0.4) is 0 Å². The van der Waals surface area contributed by atoms with Crippen LogP contribution < -0.4 is 15.6 Å². The first-order valence-corrected chi connectivity index (χ1v) is 12.4. The molecule has 2 aromatic heterocycles. The number of ether oxygens (including phenoxy) is 1. The molecule has 1 amide bonds. The summed E-state index contributed by atoms with van der Waals surface area (Å²) >= 11 is 0. The summed E-state index contributed by atoms with van der Waals surface area (Å²) in [6.07, 6.45) is -1.55. The van der Waals surface area contributed by atoms with Gasteiger partial charge in [0.2, 0.25) is 0 Å². The number of pyridine rings is 1. The van der Waals surface area contributed by atoms with E-state index in [9.17, 15) is 22.8 Å². The van der Waals surface area contributed by atoms with Crippen molar-refractivity contribution in [2.75, 3.05) is 51.7 Å². The van der Waals surface area contributed by atoms with Crippen molar-refractivity contribution in [3.63, 3.8) is 0 Å². The summed E-state index contributed by atoms with van der Waals surface area (Å²) in [5.74, 6) is 4.74. The van der Waals surface area contributed by atoms with Crippen molar-refractivity contribution in [2.45, 2.75) is 12.6 Å². The lowest BCUT2D eigenvalue weighted by Crippen LogP contribution is -2.44. The lowest BCUT2D eigenvalue weighted by atomic mass is 10.1. The Labute approximate surface area is 223 Å². The maximum absolute atomic E-state index is 13.0. The predicted octanol–water partition coefficient (Wildman–Crippen LogP) is 2.80. The molecule has 4 rings (SSSR count). The molecule has 1 saturated heterocycles. The number of aromatic nitrogens is 3. The van der Waals surface area contributed by atoms with E-state index in [0.717, 1.165) is 39.1 Å². The second-order valence-corrected chi connectivity index (χ2v) is 9.27. The monoisotopic (exact) mass is 542 g/mol. The Morgan fingerprint density at radius 2 is 1.92 bits per heavy atom. The van der Waals surface area contributed by atoms with Gasteiger partial charge in [-0.2, -0.15) is 13.2 Å². The maximum Gasteiger partial charge on any atom is 0.432 e. The fourth-order valence-electron chi connectivity index (χ4n) is 3.96. The van der Waals surface area contributed by atoms with Gasteiger partial charge in [-0.05, 0) is 37.7 Å². The molecule has 0 radical (unpaired) electrons. The van der Waals surface area contributed by atoms with Crippen LogP contribution in [-0.4, -0.2) is 76.6 Å². The summed E-state index contributed by atoms with van der Waals surface area (Å²) in [6.45, 7) is 5.25. The fourth-order valence-corrected chi connectivity index (χ4v) is 3.96. The van der Waals surface area contributed by atoms with Crippen LogP contribution in [0.5, 0.6) is 5.75 Å². The molecule has 9 nitrogen and oxygen atoms in total. The number of amides is 1. The van der Waals surface area contributed by atoms with E-state index in [-0.39, 0.29) is 17.1 Å². The van der Waals surface area contributed by atoms with Crippen molar-refractivity contribution >= 4 is 11.6 Å². The summed E-state index contributed by atoms with van der Waals surface area (Å²) in [5, 5.41) is 2.65. The zero-order chi connectivity index (χ0) is 28.0. The summed E-state index contributed by atoms with van der Waals surface area (Å²) in [5.41, 5.74) is -0.311. The Hall–Kier alpha value is -4.08. The number of H-pyrrole nitrogens is 1. The van der Waals surface area contributed by atoms with Crippen molar-refractivity contribution in [1.82, 2.24) is 24.3 Å². The molecule has 0 saturated carbocycles. The molecular weight excluding hydrogens is 513 g/mol. The molecule has 0 bridgehead atoms. The molecule has 1 aliphatic rings. The second kappa shape index (κ2) is 12.2. The standard InChI is InChI=1S/C27H29F3N6O3/c1-34-11-13-36(14-12-34)9-3-15-39-22-6-5-20(26-31-18-23(33-26)27(28,29)30)17-21(22)32-24(37)7-4-19-8-10-35(2)25(38)16-19/h5-6,8,10,16-18H,3,9,11-15H2,1-2H3,(H,31,33)(H,32,37). The van der Waals surface area contributed by atoms with E-state index in [2.05, 4.69) is 44.0 Å². The number of likely N-dealkylation sites (N-methyl/N-ethyl adjacent to an activating group) is 1. The Morgan fingerprint density at radius 3 is 2.62 bits per heavy atom. The highest BCUT2D eigenvalue weighted by atomic mass is 19.4. The van der Waals surface area contributed by atoms with Gasteiger partial charge < -0.3 is 29.4 Å². The van der Waals surface area contributed by atoms with Gasteiger partial charge in [-0.1, -0.05) is 5.92 Å². The van der Waals surface area contributed by atoms with E-state index in [1.807, 2.05) is 0 Å². The second-order valence-electron chi connectivity index (χ2n) is 9.27. The van der Waals surface area contributed by atoms with Gasteiger partial charge in [-0.3, -0.25) is 9.59 Å². The van der Waals surface area contributed by atoms with Crippen LogP contribution in [0.15, 0.2) is 47.5 Å². The number of alkyl halides is 3. The average Bonchev–Trinajstić information content (AvgIpc) is 3.40. The normalized spacial score (nSPS) is 14.5. The minimum atomic E-state index is -4.57. The van der Waals surface area contributed by atoms with Gasteiger partial charge in [0.15, 0.2) is 0 Å². The number of carbonyl (C=O) groups excluding carboxylic acids is 1. The molecule has 2 N–H and O–H groups in total. The third kappa shape index (κ3) is 7.72. The van der Waals surface area contributed by atoms with E-state index in [1.165, 1.54) is 16.7 Å². The topological polar surface area (TPSA) is 95.5 Å². The molecule has 206 valence electrons. The number of imidazole rings is 1. The Morgan fingerprint density at radius 1 is 1.15 bits per heavy atom. The molecule has 0 aliphatic carbocycles. The Balaban J connectivity index is 1.49. The van der Waals surface area contributed by atoms with Crippen molar-refractivity contribution in [1.29, 1.82) is 0 Å². The summed E-state index contributed by atoms with van der Waals surface area (Å²) < 4.78 is 46.4. The number of benzene rings is 1. The molecule has 0 spiro atoms. The number of aryl methyl sites for hydroxylation is 1. The van der Waals surface area contributed by atoms with Crippen LogP contribution in [0.4, 0.5) is 18.9 Å². The predicted molar refractivity (Wildman–Crippen MR) is 140 cm³/mol. The Kier molecular flexibility index (Phi) is 8.73. The number of halogens is 3. The number of nitrogens with zero attached hydrogens (tertiary/aromatic N) is 4. The number of carbonyl (C=O) groups is 1. The maximum atomic E-state index is 13.0. The largest absolute Gasteiger partial charge is 0.491 e. The third-order valence-electron chi connectivity index (χ3n) is 6.28. The molecule has 1 aromatic carbocycles. The molecule has 0 unspecified atom stereocenters. The number of piperazine rings is 1. The van der Waals surface area contributed by atoms with Crippen molar-refractivity contribution in [2.24, 2.45) is 7.05 Å². The molecule has 39 heavy (non-hydrogen) atoms. The molecule has 0 atom stereocenters. The Bertz CT molecular complexity index is 1430. The zero-order valence-electron chi connectivity index (χ0n) is 21.6. The van der Waals surface area contributed by atoms with E-state index < -0.39 is 17.8 Å². The highest BCUT2D eigenvalue weighted by Gasteiger charge is 2.33. The minimum Gasteiger partial charge on any atom is -0.491 e. The number of rotatable bonds is 7. The molecule has 1 fully saturated rings. The van der Waals surface area contributed by atoms with Crippen LogP contribution in [0.2, 0.25) is 0 Å². The van der Waals surface area contributed by atoms with Gasteiger partial charge in [-0.15, -0.1) is 0 Å². The minimum absolute atomic E-state index is 0.00865. The van der Waals surface area contributed by atoms with Crippen LogP contribution in [0.25, 0.3) is 11.4 Å². The number of anilines is 1. The quantitative estimate of drug-likeness (QED) is 0.352. The third-order valence-corrected chi connectivity index (χ3v) is 6.28. The highest BCUT2D eigenvalue weighted by molar-refractivity contribution is 6.05. The van der Waals surface area contributed by atoms with Crippen LogP contribution in [0.1, 0.15) is 17.7 Å². The SMILES string of the molecule is CN1CCN(CCCOc2ccc(-c3ncc(C(F)(F)F)[nH]3)cc2NC(=O)C#Cc2ccn(C)c(=O)c2)CC1. The van der Waals surface area contributed by atoms with Gasteiger partial charge in [0, 0.05) is 69.1 Å². The van der Waals surface area contributed by atoms with Gasteiger partial charge in [0.1, 0.15) is 17.3 Å². The molecule has 3 aromatic rings. The van der Waals surface area contributed by atoms with E-state index in [0.29, 0.717) is 29.7 Å². The van der Waals surface area contributed by atoms with Crippen molar-refractivity contribution in [3.05, 3.63) is 64.3 Å². The number of hydrogen-bond donors (Lipinski definition) is 2. The molecule has 3 heterocycles. The van der Waals surface area contributed by atoms with E-state index in [1.54, 1.807) is 31.4 Å². The number of hydrogen-bond acceptors (Lipinski definition) is 6. The number of nitrogens with one attached hydrogen (secondary N) is 2. The first-order chi connectivity index (χ1) is 18.6. The van der Waals surface area contributed by atoms with Gasteiger partial charge in [-0.25, -0.2) is 4.98 Å². The highest BCUT2D eigenvalue weighted by Crippen LogP contribution is 2.33. The van der Waals surface area contributed by atoms with E-state index >= 15 is 0 Å². The van der Waals surface area contributed by atoms with Crippen LogP contribution in [-0.2, 0) is 18.0 Å². The molecule has 12 heteroatoms. The van der Waals surface area contributed by atoms with Crippen LogP contribution in [0, 0.1) is 11.8 Å². The number of aromatic amines is 1. The van der Waals surface area contributed by atoms with E-state index in [4.69, 9.17) is 4.74 Å². The van der Waals surface area contributed by atoms with Crippen molar-refractivity contribution < 1.29 is 22.7 Å². The van der Waals surface area contributed by atoms with Crippen LogP contribution >= 0.6 is 0 Å². The first-order valence-electron chi connectivity index (χ1n) is 12.4. The summed E-state index contributed by atoms with van der Waals surface area (Å²) in [6, 6.07) is 7.53. The average molecular weight is 543 g/mol. The van der Waals surface area contributed by atoms with Gasteiger partial charge in [0.25, 0.3) is 5.56 Å². The molecular formula is C27H29F3N6O3. The summed E-state index contributed by atoms with van der Waals surface area (Å²) in [4.78, 5) is 35.1.